The molecule has 0 fully saturated rings. The standard InChI is InChI=1S/C68H50N8Si2/c1-77(61(65-69-41-49-31-15-19-35-53(49)73-65)57(45-23-7-3-8-24-45)58(46-25-9-4-10-26-46)62(77)66-70-42-50-32-16-20-36-54(50)74-66)39-40-78(2)63(67-71-43-51-33-17-21-37-55(51)75-67)59(47-27-11-5-12-28-47)60(48-29-13-6-14-30-48)64(78)68-72-44-52-34-18-22-38-56(52)76-68/h3-38,41-44H,39-40H2,1-2H3. The van der Waals surface area contributed by atoms with E-state index in [4.69, 9.17) is 39.9 Å². The van der Waals surface area contributed by atoms with Crippen LogP contribution in [0.5, 0.6) is 0 Å². The van der Waals surface area contributed by atoms with Crippen molar-refractivity contribution < 1.29 is 0 Å². The molecule has 2 aliphatic heterocycles. The first-order chi connectivity index (χ1) is 38.4. The second-order valence-corrected chi connectivity index (χ2v) is 29.0. The molecular weight excluding hydrogens is 985 g/mol. The average Bonchev–Trinajstić information content (AvgIpc) is 3.65. The van der Waals surface area contributed by atoms with Gasteiger partial charge in [0.1, 0.15) is 16.1 Å². The fourth-order valence-corrected chi connectivity index (χ4v) is 23.5. The van der Waals surface area contributed by atoms with Crippen molar-refractivity contribution in [2.75, 3.05) is 0 Å². The molecule has 0 spiro atoms. The molecule has 8 aromatic carbocycles. The van der Waals surface area contributed by atoms with Crippen LogP contribution in [-0.4, -0.2) is 56.0 Å². The molecule has 6 heterocycles. The third kappa shape index (κ3) is 7.95. The predicted molar refractivity (Wildman–Crippen MR) is 324 cm³/mol. The molecule has 0 aliphatic carbocycles. The summed E-state index contributed by atoms with van der Waals surface area (Å²) in [6.45, 7) is 5.06. The Kier molecular flexibility index (Phi) is 11.6. The van der Waals surface area contributed by atoms with E-state index in [9.17, 15) is 0 Å². The van der Waals surface area contributed by atoms with Crippen molar-refractivity contribution in [3.8, 4) is 0 Å². The second kappa shape index (κ2) is 19.3. The molecule has 0 N–H and O–H groups in total. The number of fused-ring (bicyclic) bond motifs is 4. The summed E-state index contributed by atoms with van der Waals surface area (Å²) in [5.74, 6) is 2.89. The Labute approximate surface area is 454 Å². The molecule has 0 amide bonds. The molecule has 14 rings (SSSR count). The summed E-state index contributed by atoms with van der Waals surface area (Å²) >= 11 is 0. The molecule has 10 heteroatoms. The largest absolute Gasteiger partial charge is 0.237 e. The lowest BCUT2D eigenvalue weighted by Gasteiger charge is -2.35. The van der Waals surface area contributed by atoms with E-state index in [1.807, 2.05) is 49.1 Å². The zero-order valence-corrected chi connectivity index (χ0v) is 45.1. The highest BCUT2D eigenvalue weighted by atomic mass is 28.3. The summed E-state index contributed by atoms with van der Waals surface area (Å²) in [4.78, 5) is 43.9. The number of para-hydroxylation sites is 4. The smallest absolute Gasteiger partial charge is 0.152 e. The van der Waals surface area contributed by atoms with Crippen LogP contribution in [0.15, 0.2) is 243 Å². The lowest BCUT2D eigenvalue weighted by Crippen LogP contribution is -2.40. The van der Waals surface area contributed by atoms with Gasteiger partial charge < -0.3 is 0 Å². The summed E-state index contributed by atoms with van der Waals surface area (Å²) in [5.41, 5.74) is 12.4. The fraction of sp³-hybridized carbons (Fsp3) is 0.0588. The van der Waals surface area contributed by atoms with Crippen LogP contribution in [0.3, 0.4) is 0 Å². The van der Waals surface area contributed by atoms with E-state index in [1.165, 1.54) is 0 Å². The summed E-state index contributed by atoms with van der Waals surface area (Å²) in [5, 5.41) is 8.59. The molecule has 0 atom stereocenters. The maximum Gasteiger partial charge on any atom is 0.152 e. The quantitative estimate of drug-likeness (QED) is 0.118. The molecule has 0 saturated heterocycles. The van der Waals surface area contributed by atoms with Crippen LogP contribution in [0.2, 0.25) is 25.2 Å². The molecule has 2 aliphatic rings. The Bertz CT molecular complexity index is 3900. The van der Waals surface area contributed by atoms with Gasteiger partial charge in [0.15, 0.2) is 23.3 Å². The van der Waals surface area contributed by atoms with Gasteiger partial charge in [0.25, 0.3) is 0 Å². The maximum absolute atomic E-state index is 5.57. The highest BCUT2D eigenvalue weighted by Gasteiger charge is 2.54. The van der Waals surface area contributed by atoms with Crippen LogP contribution in [-0.2, 0) is 0 Å². The lowest BCUT2D eigenvalue weighted by molar-refractivity contribution is 1.15. The van der Waals surface area contributed by atoms with Crippen molar-refractivity contribution in [3.05, 3.63) is 289 Å². The first kappa shape index (κ1) is 47.0. The minimum Gasteiger partial charge on any atom is -0.237 e. The minimum atomic E-state index is -3.24. The number of aromatic nitrogens is 8. The highest BCUT2D eigenvalue weighted by Crippen LogP contribution is 2.61. The molecule has 12 aromatic rings. The van der Waals surface area contributed by atoms with Gasteiger partial charge in [0.2, 0.25) is 0 Å². The van der Waals surface area contributed by atoms with Crippen molar-refractivity contribution in [1.82, 2.24) is 39.9 Å². The van der Waals surface area contributed by atoms with Gasteiger partial charge in [0.05, 0.1) is 22.1 Å². The monoisotopic (exact) mass is 1030 g/mol. The fourth-order valence-electron chi connectivity index (χ4n) is 12.2. The topological polar surface area (TPSA) is 103 Å². The Morgan fingerprint density at radius 2 is 0.462 bits per heavy atom. The molecule has 0 saturated carbocycles. The Balaban J connectivity index is 1.10. The first-order valence-electron chi connectivity index (χ1n) is 26.5. The van der Waals surface area contributed by atoms with E-state index < -0.39 is 16.1 Å². The van der Waals surface area contributed by atoms with Crippen molar-refractivity contribution >= 4 is 103 Å². The van der Waals surface area contributed by atoms with Crippen LogP contribution in [0.4, 0.5) is 0 Å². The van der Waals surface area contributed by atoms with E-state index in [0.717, 1.165) is 144 Å². The van der Waals surface area contributed by atoms with Gasteiger partial charge in [-0.3, -0.25) is 0 Å². The molecular formula is C68H50N8Si2. The SMILES string of the molecule is C[Si]1(CC[Si]2(C)C(c3ncc4ccccc4n3)=C(c3ccccc3)C(c3ccccc3)=C2c2ncc3ccccc3n2)C(c2ncc3ccccc3n2)=C(c2ccccc2)C(c2ccccc2)=C1c1ncc2ccccc2n1. The average molecular weight is 1040 g/mol. The molecule has 0 radical (unpaired) electrons. The van der Waals surface area contributed by atoms with Gasteiger partial charge >= 0.3 is 0 Å². The number of rotatable bonds is 11. The highest BCUT2D eigenvalue weighted by molar-refractivity contribution is 7.17. The van der Waals surface area contributed by atoms with Gasteiger partial charge in [-0.15, -0.1) is 0 Å². The zero-order valence-electron chi connectivity index (χ0n) is 43.1. The number of allylic oxidation sites excluding steroid dienone is 4. The zero-order chi connectivity index (χ0) is 52.2. The van der Waals surface area contributed by atoms with Crippen LogP contribution in [0.25, 0.3) is 86.7 Å². The van der Waals surface area contributed by atoms with Gasteiger partial charge in [-0.2, -0.15) is 0 Å². The van der Waals surface area contributed by atoms with Crippen LogP contribution in [0, 0.1) is 0 Å². The van der Waals surface area contributed by atoms with Crippen molar-refractivity contribution in [2.45, 2.75) is 25.2 Å². The Hall–Kier alpha value is -9.49. The van der Waals surface area contributed by atoms with Crippen molar-refractivity contribution in [1.29, 1.82) is 0 Å². The summed E-state index contributed by atoms with van der Waals surface area (Å²) < 4.78 is 0. The van der Waals surface area contributed by atoms with E-state index in [0.29, 0.717) is 0 Å². The number of nitrogens with zero attached hydrogens (tertiary/aromatic N) is 8. The second-order valence-electron chi connectivity index (χ2n) is 20.6. The first-order valence-corrected chi connectivity index (χ1v) is 31.9. The number of benzene rings is 8. The van der Waals surface area contributed by atoms with Gasteiger partial charge in [-0.1, -0.05) is 219 Å². The van der Waals surface area contributed by atoms with Crippen molar-refractivity contribution in [3.63, 3.8) is 0 Å². The third-order valence-corrected chi connectivity index (χ3v) is 25.2. The molecule has 8 nitrogen and oxygen atoms in total. The summed E-state index contributed by atoms with van der Waals surface area (Å²) in [6.07, 6.45) is 7.98. The van der Waals surface area contributed by atoms with Gasteiger partial charge in [0, 0.05) is 46.3 Å². The van der Waals surface area contributed by atoms with E-state index in [-0.39, 0.29) is 0 Å². The van der Waals surface area contributed by atoms with Gasteiger partial charge in [-0.25, -0.2) is 39.9 Å². The Morgan fingerprint density at radius 1 is 0.256 bits per heavy atom. The molecule has 0 bridgehead atoms. The number of hydrogen-bond acceptors (Lipinski definition) is 8. The van der Waals surface area contributed by atoms with Gasteiger partial charge in [-0.05, 0) is 89.6 Å². The number of hydrogen-bond donors (Lipinski definition) is 0. The molecule has 0 unspecified atom stereocenters. The van der Waals surface area contributed by atoms with Crippen LogP contribution >= 0.6 is 0 Å². The molecule has 4 aromatic heterocycles. The summed E-state index contributed by atoms with van der Waals surface area (Å²) in [6, 6.07) is 78.0. The normalized spacial score (nSPS) is 15.2. The van der Waals surface area contributed by atoms with Crippen LogP contribution in [0.1, 0.15) is 45.6 Å². The van der Waals surface area contributed by atoms with E-state index in [1.54, 1.807) is 0 Å². The molecule has 78 heavy (non-hydrogen) atoms. The third-order valence-electron chi connectivity index (χ3n) is 15.9. The van der Waals surface area contributed by atoms with E-state index in [2.05, 4.69) is 207 Å². The molecule has 370 valence electrons. The minimum absolute atomic E-state index is 0.724. The van der Waals surface area contributed by atoms with E-state index >= 15 is 0 Å². The van der Waals surface area contributed by atoms with Crippen molar-refractivity contribution in [2.24, 2.45) is 0 Å². The Morgan fingerprint density at radius 3 is 0.692 bits per heavy atom. The lowest BCUT2D eigenvalue weighted by atomic mass is 9.91. The summed E-state index contributed by atoms with van der Waals surface area (Å²) in [7, 11) is -6.48. The predicted octanol–water partition coefficient (Wildman–Crippen LogP) is 15.5. The maximum atomic E-state index is 5.57. The van der Waals surface area contributed by atoms with Crippen LogP contribution < -0.4 is 0 Å².